The molecule has 0 saturated heterocycles. The van der Waals surface area contributed by atoms with Gasteiger partial charge < -0.3 is 19.2 Å². The smallest absolute Gasteiger partial charge is 0.330 e. The van der Waals surface area contributed by atoms with Crippen LogP contribution >= 0.6 is 0 Å². The van der Waals surface area contributed by atoms with Gasteiger partial charge in [-0.3, -0.25) is 4.99 Å². The van der Waals surface area contributed by atoms with E-state index in [1.54, 1.807) is 24.4 Å². The number of fused-ring (bicyclic) bond motifs is 2. The molecule has 0 fully saturated rings. The van der Waals surface area contributed by atoms with Crippen LogP contribution in [0.25, 0.3) is 10.9 Å². The molecule has 1 aliphatic heterocycles. The highest BCUT2D eigenvalue weighted by Gasteiger charge is 2.20. The van der Waals surface area contributed by atoms with Crippen molar-refractivity contribution in [2.24, 2.45) is 4.99 Å². The number of aromatic amines is 1. The molecule has 1 atom stereocenters. The van der Waals surface area contributed by atoms with Crippen molar-refractivity contribution >= 4 is 23.1 Å². The van der Waals surface area contributed by atoms with Crippen molar-refractivity contribution in [3.05, 3.63) is 59.8 Å². The molecule has 0 bridgehead atoms. The number of nitrogens with zero attached hydrogens (tertiary/aromatic N) is 1. The van der Waals surface area contributed by atoms with Gasteiger partial charge in [0.15, 0.2) is 17.5 Å². The van der Waals surface area contributed by atoms with E-state index in [4.69, 9.17) is 17.0 Å². The third-order valence-corrected chi connectivity index (χ3v) is 4.24. The first-order valence-electron chi connectivity index (χ1n) is 9.13. The Labute approximate surface area is 153 Å². The van der Waals surface area contributed by atoms with Gasteiger partial charge >= 0.3 is 5.97 Å². The average molecular weight is 352 g/mol. The lowest BCUT2D eigenvalue weighted by Gasteiger charge is -2.09. The fourth-order valence-corrected chi connectivity index (χ4v) is 2.90. The number of methoxy groups -OCH3 is 1. The third-order valence-electron chi connectivity index (χ3n) is 4.24. The molecule has 0 amide bonds. The van der Waals surface area contributed by atoms with E-state index in [2.05, 4.69) is 9.98 Å². The van der Waals surface area contributed by atoms with Crippen molar-refractivity contribution in [2.45, 2.75) is 12.5 Å². The number of carbonyl (C=O) groups is 1. The number of rotatable bonds is 5. The number of esters is 1. The van der Waals surface area contributed by atoms with Gasteiger partial charge in [0.2, 0.25) is 6.75 Å². The lowest BCUT2D eigenvalue weighted by atomic mass is 10.1. The van der Waals surface area contributed by atoms with E-state index < -0.39 is 18.8 Å². The molecule has 2 heterocycles. The molecule has 0 saturated carbocycles. The zero-order chi connectivity index (χ0) is 19.7. The second kappa shape index (κ2) is 6.92. The first-order chi connectivity index (χ1) is 13.4. The summed E-state index contributed by atoms with van der Waals surface area (Å²) in [7, 11) is 1.34. The fourth-order valence-electron chi connectivity index (χ4n) is 2.90. The Balaban J connectivity index is 1.57. The normalized spacial score (nSPS) is 17.1. The summed E-state index contributed by atoms with van der Waals surface area (Å²) in [5.41, 5.74) is 2.63. The van der Waals surface area contributed by atoms with E-state index in [-0.39, 0.29) is 0 Å². The van der Waals surface area contributed by atoms with Gasteiger partial charge in [0.1, 0.15) is 2.74 Å². The molecule has 1 N–H and O–H groups in total. The summed E-state index contributed by atoms with van der Waals surface area (Å²) in [5.74, 6) is 0.185. The molecule has 132 valence electrons. The van der Waals surface area contributed by atoms with Crippen LogP contribution in [-0.4, -0.2) is 37.1 Å². The molecule has 6 heteroatoms. The molecule has 1 aliphatic rings. The maximum absolute atomic E-state index is 12.2. The molecule has 2 aromatic carbocycles. The zero-order valence-electron chi connectivity index (χ0n) is 16.1. The largest absolute Gasteiger partial charge is 0.467 e. The van der Waals surface area contributed by atoms with Crippen LogP contribution in [0.3, 0.4) is 0 Å². The topological polar surface area (TPSA) is 72.9 Å². The number of hydrogen-bond acceptors (Lipinski definition) is 5. The molecular formula is C20H18N2O4. The quantitative estimate of drug-likeness (QED) is 0.566. The lowest BCUT2D eigenvalue weighted by molar-refractivity contribution is -0.142. The first-order valence-corrected chi connectivity index (χ1v) is 8.13. The monoisotopic (exact) mass is 352 g/mol. The molecule has 6 nitrogen and oxygen atoms in total. The van der Waals surface area contributed by atoms with Crippen molar-refractivity contribution in [1.29, 1.82) is 0 Å². The van der Waals surface area contributed by atoms with Crippen LogP contribution in [0.2, 0.25) is 0 Å². The van der Waals surface area contributed by atoms with E-state index in [9.17, 15) is 4.79 Å². The predicted octanol–water partition coefficient (Wildman–Crippen LogP) is 3.10. The van der Waals surface area contributed by atoms with E-state index in [0.29, 0.717) is 23.5 Å². The van der Waals surface area contributed by atoms with E-state index >= 15 is 0 Å². The Morgan fingerprint density at radius 3 is 3.08 bits per heavy atom. The predicted molar refractivity (Wildman–Crippen MR) is 98.0 cm³/mol. The van der Waals surface area contributed by atoms with Gasteiger partial charge in [0.05, 0.1) is 7.11 Å². The van der Waals surface area contributed by atoms with Crippen molar-refractivity contribution in [3.63, 3.8) is 0 Å². The number of hydrogen-bond donors (Lipinski definition) is 1. The number of aliphatic imine (C=N–C) groups is 1. The van der Waals surface area contributed by atoms with Gasteiger partial charge in [-0.05, 0) is 35.4 Å². The standard InChI is InChI=1S/C20H18N2O4/c1-24-20(23)17(9-14-11-22-16-5-3-2-4-15(14)16)21-10-13-6-7-18-19(8-13)26-12-25-18/h2-8,10-11,17,22H,9,12H2,1H3/t17-/m1/s1/i12D2. The fraction of sp³-hybridized carbons (Fsp3) is 0.200. The highest BCUT2D eigenvalue weighted by Crippen LogP contribution is 2.32. The van der Waals surface area contributed by atoms with Crippen LogP contribution in [0, 0.1) is 0 Å². The molecule has 0 aliphatic carbocycles. The summed E-state index contributed by atoms with van der Waals surface area (Å²) in [5, 5.41) is 1.04. The zero-order valence-corrected chi connectivity index (χ0v) is 14.1. The van der Waals surface area contributed by atoms with Gasteiger partial charge in [-0.1, -0.05) is 18.2 Å². The Hall–Kier alpha value is -3.28. The average Bonchev–Trinajstić information content (AvgIpc) is 3.22. The Bertz CT molecular complexity index is 1060. The number of para-hydroxylation sites is 1. The number of aromatic nitrogens is 1. The molecule has 0 spiro atoms. The van der Waals surface area contributed by atoms with E-state index in [1.165, 1.54) is 7.11 Å². The number of benzene rings is 2. The van der Waals surface area contributed by atoms with Crippen molar-refractivity contribution in [1.82, 2.24) is 4.98 Å². The summed E-state index contributed by atoms with van der Waals surface area (Å²) < 4.78 is 30.0. The van der Waals surface area contributed by atoms with Gasteiger partial charge in [-0.2, -0.15) is 0 Å². The molecule has 0 radical (unpaired) electrons. The lowest BCUT2D eigenvalue weighted by Crippen LogP contribution is -2.23. The third kappa shape index (κ3) is 3.13. The number of H-pyrrole nitrogens is 1. The van der Waals surface area contributed by atoms with Crippen molar-refractivity contribution < 1.29 is 21.7 Å². The molecule has 3 aromatic rings. The van der Waals surface area contributed by atoms with Gasteiger partial charge in [0, 0.05) is 29.7 Å². The van der Waals surface area contributed by atoms with Crippen molar-refractivity contribution in [3.8, 4) is 11.5 Å². The van der Waals surface area contributed by atoms with Crippen LogP contribution in [0.15, 0.2) is 53.7 Å². The first kappa shape index (κ1) is 13.9. The maximum atomic E-state index is 12.2. The minimum absolute atomic E-state index is 0.292. The molecule has 26 heavy (non-hydrogen) atoms. The molecule has 1 aromatic heterocycles. The summed E-state index contributed by atoms with van der Waals surface area (Å²) in [6.45, 7) is -2.18. The Kier molecular flexibility index (Phi) is 3.71. The molecule has 4 rings (SSSR count). The Morgan fingerprint density at radius 2 is 2.19 bits per heavy atom. The summed E-state index contributed by atoms with van der Waals surface area (Å²) in [6.07, 6.45) is 3.81. The van der Waals surface area contributed by atoms with Gasteiger partial charge in [-0.25, -0.2) is 4.79 Å². The SMILES string of the molecule is [2H]C1([2H])Oc2ccc(C=N[C@H](Cc3c[nH]c4ccccc34)C(=O)OC)cc2O1. The Morgan fingerprint density at radius 1 is 1.35 bits per heavy atom. The number of carbonyl (C=O) groups excluding carboxylic acids is 1. The second-order valence-corrected chi connectivity index (χ2v) is 5.87. The van der Waals surface area contributed by atoms with Crippen molar-refractivity contribution in [2.75, 3.05) is 13.9 Å². The van der Waals surface area contributed by atoms with Crippen LogP contribution < -0.4 is 9.47 Å². The minimum Gasteiger partial charge on any atom is -0.467 e. The highest BCUT2D eigenvalue weighted by atomic mass is 16.7. The van der Waals surface area contributed by atoms with Crippen LogP contribution in [0.4, 0.5) is 0 Å². The molecule has 0 unspecified atom stereocenters. The van der Waals surface area contributed by atoms with Crippen LogP contribution in [0.5, 0.6) is 11.5 Å². The molecular weight excluding hydrogens is 332 g/mol. The van der Waals surface area contributed by atoms with Crippen LogP contribution in [0.1, 0.15) is 13.9 Å². The highest BCUT2D eigenvalue weighted by molar-refractivity contribution is 5.87. The number of nitrogens with one attached hydrogen (secondary N) is 1. The van der Waals surface area contributed by atoms with E-state index in [1.807, 2.05) is 30.5 Å². The second-order valence-electron chi connectivity index (χ2n) is 5.87. The number of ether oxygens (including phenoxy) is 3. The summed E-state index contributed by atoms with van der Waals surface area (Å²) >= 11 is 0. The maximum Gasteiger partial charge on any atom is 0.330 e. The minimum atomic E-state index is -2.18. The van der Waals surface area contributed by atoms with Gasteiger partial charge in [0.25, 0.3) is 0 Å². The summed E-state index contributed by atoms with van der Waals surface area (Å²) in [6, 6.07) is 12.1. The van der Waals surface area contributed by atoms with E-state index in [0.717, 1.165) is 16.5 Å². The van der Waals surface area contributed by atoms with Gasteiger partial charge in [-0.15, -0.1) is 0 Å². The van der Waals surface area contributed by atoms with Crippen LogP contribution in [-0.2, 0) is 16.0 Å². The summed E-state index contributed by atoms with van der Waals surface area (Å²) in [4.78, 5) is 19.8.